The van der Waals surface area contributed by atoms with Crippen molar-refractivity contribution >= 4 is 17.2 Å². The summed E-state index contributed by atoms with van der Waals surface area (Å²) < 4.78 is 12.9. The summed E-state index contributed by atoms with van der Waals surface area (Å²) in [4.78, 5) is 12.3. The summed E-state index contributed by atoms with van der Waals surface area (Å²) in [5.74, 6) is -0.277. The number of halogens is 1. The number of benzene rings is 3. The van der Waals surface area contributed by atoms with Gasteiger partial charge in [-0.3, -0.25) is 4.79 Å². The van der Waals surface area contributed by atoms with E-state index in [0.717, 1.165) is 16.9 Å². The minimum Gasteiger partial charge on any atom is -0.356 e. The average molecular weight is 305 g/mol. The van der Waals surface area contributed by atoms with Crippen molar-refractivity contribution in [3.05, 3.63) is 95.8 Å². The van der Waals surface area contributed by atoms with E-state index in [-0.39, 0.29) is 18.0 Å². The van der Waals surface area contributed by atoms with E-state index in [1.807, 2.05) is 42.5 Å². The molecule has 0 atom stereocenters. The molecule has 3 aromatic carbocycles. The van der Waals surface area contributed by atoms with Gasteiger partial charge >= 0.3 is 0 Å². The lowest BCUT2D eigenvalue weighted by atomic mass is 10.0. The topological polar surface area (TPSA) is 29.1 Å². The van der Waals surface area contributed by atoms with Crippen LogP contribution in [0.25, 0.3) is 0 Å². The van der Waals surface area contributed by atoms with E-state index in [1.54, 1.807) is 24.3 Å². The van der Waals surface area contributed by atoms with Crippen LogP contribution in [0.1, 0.15) is 15.9 Å². The zero-order valence-electron chi connectivity index (χ0n) is 12.5. The van der Waals surface area contributed by atoms with Gasteiger partial charge in [0.1, 0.15) is 5.82 Å². The zero-order valence-corrected chi connectivity index (χ0v) is 12.5. The number of ketones is 1. The van der Waals surface area contributed by atoms with Crippen LogP contribution in [0.2, 0.25) is 0 Å². The van der Waals surface area contributed by atoms with Gasteiger partial charge in [0.15, 0.2) is 5.78 Å². The minimum absolute atomic E-state index is 0.0165. The molecule has 114 valence electrons. The molecular weight excluding hydrogens is 289 g/mol. The Morgan fingerprint density at radius 1 is 0.783 bits per heavy atom. The first-order valence-electron chi connectivity index (χ1n) is 7.40. The van der Waals surface area contributed by atoms with Gasteiger partial charge in [0.25, 0.3) is 0 Å². The number of anilines is 2. The lowest BCUT2D eigenvalue weighted by molar-refractivity contribution is 0.0993. The molecule has 0 aliphatic heterocycles. The van der Waals surface area contributed by atoms with Crippen molar-refractivity contribution in [2.75, 3.05) is 5.32 Å². The number of hydrogen-bond donors (Lipinski definition) is 1. The van der Waals surface area contributed by atoms with Gasteiger partial charge in [0, 0.05) is 23.4 Å². The number of Topliss-reactive ketones (excluding diaryl/α,β-unsaturated/α-hetero) is 1. The summed E-state index contributed by atoms with van der Waals surface area (Å²) in [6.45, 7) is 0. The Labute approximate surface area is 134 Å². The number of hydrogen-bond acceptors (Lipinski definition) is 2. The second-order valence-electron chi connectivity index (χ2n) is 5.29. The van der Waals surface area contributed by atoms with E-state index in [4.69, 9.17) is 0 Å². The van der Waals surface area contributed by atoms with Gasteiger partial charge in [-0.2, -0.15) is 0 Å². The van der Waals surface area contributed by atoms with Gasteiger partial charge in [0.2, 0.25) is 0 Å². The van der Waals surface area contributed by atoms with Crippen molar-refractivity contribution in [1.82, 2.24) is 0 Å². The van der Waals surface area contributed by atoms with Crippen molar-refractivity contribution in [3.63, 3.8) is 0 Å². The van der Waals surface area contributed by atoms with Crippen LogP contribution in [0.5, 0.6) is 0 Å². The first-order valence-corrected chi connectivity index (χ1v) is 7.40. The van der Waals surface area contributed by atoms with E-state index in [1.165, 1.54) is 12.1 Å². The van der Waals surface area contributed by atoms with Crippen LogP contribution in [-0.4, -0.2) is 5.78 Å². The summed E-state index contributed by atoms with van der Waals surface area (Å²) in [7, 11) is 0. The van der Waals surface area contributed by atoms with Crippen LogP contribution in [0.15, 0.2) is 78.9 Å². The van der Waals surface area contributed by atoms with Gasteiger partial charge in [-0.05, 0) is 54.1 Å². The predicted octanol–water partition coefficient (Wildman–Crippen LogP) is 4.99. The van der Waals surface area contributed by atoms with E-state index in [0.29, 0.717) is 5.56 Å². The number of rotatable bonds is 5. The number of carbonyl (C=O) groups is 1. The maximum absolute atomic E-state index is 12.9. The van der Waals surface area contributed by atoms with E-state index in [2.05, 4.69) is 5.32 Å². The zero-order chi connectivity index (χ0) is 16.1. The monoisotopic (exact) mass is 305 g/mol. The van der Waals surface area contributed by atoms with Crippen molar-refractivity contribution in [1.29, 1.82) is 0 Å². The first kappa shape index (κ1) is 15.0. The molecule has 2 nitrogen and oxygen atoms in total. The summed E-state index contributed by atoms with van der Waals surface area (Å²) in [5.41, 5.74) is 3.38. The second kappa shape index (κ2) is 6.88. The Hall–Kier alpha value is -2.94. The van der Waals surface area contributed by atoms with Gasteiger partial charge in [-0.1, -0.05) is 30.3 Å². The van der Waals surface area contributed by atoms with Crippen molar-refractivity contribution in [2.24, 2.45) is 0 Å². The Morgan fingerprint density at radius 3 is 2.04 bits per heavy atom. The molecule has 0 fully saturated rings. The molecule has 0 aliphatic rings. The molecule has 0 amide bonds. The highest BCUT2D eigenvalue weighted by Gasteiger charge is 2.07. The fraction of sp³-hybridized carbons (Fsp3) is 0.0500. The van der Waals surface area contributed by atoms with Crippen LogP contribution in [0, 0.1) is 5.82 Å². The van der Waals surface area contributed by atoms with E-state index < -0.39 is 0 Å². The summed E-state index contributed by atoms with van der Waals surface area (Å²) >= 11 is 0. The summed E-state index contributed by atoms with van der Waals surface area (Å²) in [5, 5.41) is 3.27. The van der Waals surface area contributed by atoms with Gasteiger partial charge in [-0.25, -0.2) is 4.39 Å². The first-order chi connectivity index (χ1) is 11.2. The van der Waals surface area contributed by atoms with Crippen LogP contribution in [0.3, 0.4) is 0 Å². The number of carbonyl (C=O) groups excluding carboxylic acids is 1. The van der Waals surface area contributed by atoms with E-state index in [9.17, 15) is 9.18 Å². The average Bonchev–Trinajstić information content (AvgIpc) is 2.58. The Bertz CT molecular complexity index is 780. The van der Waals surface area contributed by atoms with Crippen molar-refractivity contribution < 1.29 is 9.18 Å². The quantitative estimate of drug-likeness (QED) is 0.672. The Balaban J connectivity index is 1.66. The molecular formula is C20H16FNO. The van der Waals surface area contributed by atoms with E-state index >= 15 is 0 Å². The smallest absolute Gasteiger partial charge is 0.167 e. The highest BCUT2D eigenvalue weighted by molar-refractivity contribution is 5.97. The highest BCUT2D eigenvalue weighted by Crippen LogP contribution is 2.17. The standard InChI is InChI=1S/C20H16FNO/c21-17-10-6-15(7-11-17)14-20(23)16-8-12-19(13-9-16)22-18-4-2-1-3-5-18/h1-13,22H,14H2. The number of para-hydroxylation sites is 1. The molecule has 3 aromatic rings. The summed E-state index contributed by atoms with van der Waals surface area (Å²) in [6.07, 6.45) is 0.270. The molecule has 3 heteroatoms. The van der Waals surface area contributed by atoms with Crippen molar-refractivity contribution in [3.8, 4) is 0 Å². The summed E-state index contributed by atoms with van der Waals surface area (Å²) in [6, 6.07) is 23.2. The van der Waals surface area contributed by atoms with Crippen LogP contribution in [-0.2, 0) is 6.42 Å². The lowest BCUT2D eigenvalue weighted by Gasteiger charge is -2.07. The van der Waals surface area contributed by atoms with Gasteiger partial charge in [-0.15, -0.1) is 0 Å². The lowest BCUT2D eigenvalue weighted by Crippen LogP contribution is -2.03. The fourth-order valence-electron chi connectivity index (χ4n) is 2.32. The third-order valence-corrected chi connectivity index (χ3v) is 3.55. The van der Waals surface area contributed by atoms with Gasteiger partial charge in [0.05, 0.1) is 0 Å². The van der Waals surface area contributed by atoms with Crippen molar-refractivity contribution in [2.45, 2.75) is 6.42 Å². The highest BCUT2D eigenvalue weighted by atomic mass is 19.1. The SMILES string of the molecule is O=C(Cc1ccc(F)cc1)c1ccc(Nc2ccccc2)cc1. The molecule has 0 heterocycles. The third kappa shape index (κ3) is 4.04. The molecule has 3 rings (SSSR count). The fourth-order valence-corrected chi connectivity index (χ4v) is 2.32. The molecule has 0 saturated heterocycles. The molecule has 0 aromatic heterocycles. The molecule has 0 spiro atoms. The molecule has 0 aliphatic carbocycles. The maximum atomic E-state index is 12.9. The normalized spacial score (nSPS) is 10.3. The third-order valence-electron chi connectivity index (χ3n) is 3.55. The number of nitrogens with one attached hydrogen (secondary N) is 1. The van der Waals surface area contributed by atoms with Crippen LogP contribution in [0.4, 0.5) is 15.8 Å². The Kier molecular flexibility index (Phi) is 4.48. The van der Waals surface area contributed by atoms with Crippen LogP contribution < -0.4 is 5.32 Å². The largest absolute Gasteiger partial charge is 0.356 e. The molecule has 0 unspecified atom stereocenters. The molecule has 23 heavy (non-hydrogen) atoms. The molecule has 0 bridgehead atoms. The molecule has 0 saturated carbocycles. The Morgan fingerprint density at radius 2 is 1.39 bits per heavy atom. The molecule has 0 radical (unpaired) electrons. The molecule has 1 N–H and O–H groups in total. The minimum atomic E-state index is -0.294. The second-order valence-corrected chi connectivity index (χ2v) is 5.29. The van der Waals surface area contributed by atoms with Gasteiger partial charge < -0.3 is 5.32 Å². The predicted molar refractivity (Wildman–Crippen MR) is 90.6 cm³/mol. The maximum Gasteiger partial charge on any atom is 0.167 e. The van der Waals surface area contributed by atoms with Crippen LogP contribution >= 0.6 is 0 Å².